The molecular weight excluding hydrogens is 182 g/mol. The van der Waals surface area contributed by atoms with Gasteiger partial charge in [-0.25, -0.2) is 4.79 Å². The first kappa shape index (κ1) is 8.87. The standard InChI is InChI=1S/C10H11NO3/c1-6-2-3-7-8(4-6)14-9(5-11-7)10(12)13/h2-4,9,11H,5H2,1H3,(H,12,13)/t9-/m1/s1. The summed E-state index contributed by atoms with van der Waals surface area (Å²) in [5, 5.41) is 11.8. The van der Waals surface area contributed by atoms with Crippen molar-refractivity contribution in [2.75, 3.05) is 11.9 Å². The summed E-state index contributed by atoms with van der Waals surface area (Å²) >= 11 is 0. The molecule has 4 nitrogen and oxygen atoms in total. The Morgan fingerprint density at radius 1 is 1.64 bits per heavy atom. The van der Waals surface area contributed by atoms with Crippen molar-refractivity contribution in [3.8, 4) is 5.75 Å². The predicted molar refractivity (Wildman–Crippen MR) is 51.7 cm³/mol. The van der Waals surface area contributed by atoms with Crippen molar-refractivity contribution >= 4 is 11.7 Å². The maximum absolute atomic E-state index is 10.7. The molecule has 0 spiro atoms. The number of aliphatic carboxylic acids is 1. The van der Waals surface area contributed by atoms with Crippen LogP contribution in [0.5, 0.6) is 5.75 Å². The van der Waals surface area contributed by atoms with Crippen LogP contribution >= 0.6 is 0 Å². The first-order valence-electron chi connectivity index (χ1n) is 4.41. The minimum atomic E-state index is -0.940. The molecule has 1 aliphatic heterocycles. The molecule has 1 aliphatic rings. The molecular formula is C10H11NO3. The Bertz CT molecular complexity index is 376. The SMILES string of the molecule is Cc1ccc2c(c1)O[C@@H](C(=O)O)CN2. The van der Waals surface area contributed by atoms with Gasteiger partial charge >= 0.3 is 5.97 Å². The van der Waals surface area contributed by atoms with E-state index >= 15 is 0 Å². The molecule has 1 atom stereocenters. The number of ether oxygens (including phenoxy) is 1. The smallest absolute Gasteiger partial charge is 0.346 e. The van der Waals surface area contributed by atoms with Gasteiger partial charge < -0.3 is 15.2 Å². The number of carbonyl (C=O) groups is 1. The summed E-state index contributed by atoms with van der Waals surface area (Å²) < 4.78 is 5.31. The third-order valence-electron chi connectivity index (χ3n) is 2.16. The van der Waals surface area contributed by atoms with Crippen LogP contribution in [0, 0.1) is 6.92 Å². The average Bonchev–Trinajstić information content (AvgIpc) is 2.16. The molecule has 0 saturated carbocycles. The lowest BCUT2D eigenvalue weighted by Gasteiger charge is -2.24. The third kappa shape index (κ3) is 1.51. The van der Waals surface area contributed by atoms with Crippen LogP contribution in [0.15, 0.2) is 18.2 Å². The fourth-order valence-electron chi connectivity index (χ4n) is 1.41. The number of aryl methyl sites for hydroxylation is 1. The van der Waals surface area contributed by atoms with E-state index in [-0.39, 0.29) is 0 Å². The molecule has 1 aromatic carbocycles. The lowest BCUT2D eigenvalue weighted by molar-refractivity contribution is -0.144. The van der Waals surface area contributed by atoms with E-state index in [2.05, 4.69) is 5.32 Å². The molecule has 2 rings (SSSR count). The normalized spacial score (nSPS) is 19.1. The van der Waals surface area contributed by atoms with E-state index in [1.54, 1.807) is 0 Å². The highest BCUT2D eigenvalue weighted by Gasteiger charge is 2.24. The fourth-order valence-corrected chi connectivity index (χ4v) is 1.41. The second-order valence-electron chi connectivity index (χ2n) is 3.33. The van der Waals surface area contributed by atoms with E-state index in [4.69, 9.17) is 9.84 Å². The van der Waals surface area contributed by atoms with E-state index in [1.807, 2.05) is 25.1 Å². The van der Waals surface area contributed by atoms with Crippen molar-refractivity contribution in [3.05, 3.63) is 23.8 Å². The van der Waals surface area contributed by atoms with Gasteiger partial charge in [0.25, 0.3) is 0 Å². The van der Waals surface area contributed by atoms with E-state index < -0.39 is 12.1 Å². The minimum absolute atomic E-state index is 0.311. The highest BCUT2D eigenvalue weighted by Crippen LogP contribution is 2.29. The van der Waals surface area contributed by atoms with Crippen molar-refractivity contribution < 1.29 is 14.6 Å². The molecule has 0 amide bonds. The first-order valence-corrected chi connectivity index (χ1v) is 4.41. The van der Waals surface area contributed by atoms with Crippen LogP contribution in [-0.2, 0) is 4.79 Å². The average molecular weight is 193 g/mol. The summed E-state index contributed by atoms with van der Waals surface area (Å²) in [5.41, 5.74) is 1.91. The van der Waals surface area contributed by atoms with Gasteiger partial charge in [-0.15, -0.1) is 0 Å². The number of fused-ring (bicyclic) bond motifs is 1. The largest absolute Gasteiger partial charge is 0.478 e. The minimum Gasteiger partial charge on any atom is -0.478 e. The highest BCUT2D eigenvalue weighted by molar-refractivity contribution is 5.75. The summed E-state index contributed by atoms with van der Waals surface area (Å²) in [6.07, 6.45) is -0.788. The summed E-state index contributed by atoms with van der Waals surface area (Å²) in [6.45, 7) is 2.25. The summed E-state index contributed by atoms with van der Waals surface area (Å²) in [4.78, 5) is 10.7. The second-order valence-corrected chi connectivity index (χ2v) is 3.33. The molecule has 1 heterocycles. The summed E-state index contributed by atoms with van der Waals surface area (Å²) in [6, 6.07) is 5.68. The van der Waals surface area contributed by atoms with Crippen LogP contribution in [0.3, 0.4) is 0 Å². The van der Waals surface area contributed by atoms with Gasteiger partial charge in [0.1, 0.15) is 5.75 Å². The second kappa shape index (κ2) is 3.21. The number of rotatable bonds is 1. The van der Waals surface area contributed by atoms with Crippen molar-refractivity contribution in [2.45, 2.75) is 13.0 Å². The summed E-state index contributed by atoms with van der Waals surface area (Å²) in [7, 11) is 0. The molecule has 0 bridgehead atoms. The topological polar surface area (TPSA) is 58.6 Å². The number of nitrogens with one attached hydrogen (secondary N) is 1. The van der Waals surface area contributed by atoms with Gasteiger partial charge in [0.05, 0.1) is 12.2 Å². The molecule has 0 fully saturated rings. The van der Waals surface area contributed by atoms with Crippen molar-refractivity contribution in [2.24, 2.45) is 0 Å². The molecule has 14 heavy (non-hydrogen) atoms. The molecule has 74 valence electrons. The summed E-state index contributed by atoms with van der Waals surface area (Å²) in [5.74, 6) is -0.326. The fraction of sp³-hybridized carbons (Fsp3) is 0.300. The number of hydrogen-bond acceptors (Lipinski definition) is 3. The van der Waals surface area contributed by atoms with E-state index in [0.717, 1.165) is 11.3 Å². The first-order chi connectivity index (χ1) is 6.66. The molecule has 0 aliphatic carbocycles. The Kier molecular flexibility index (Phi) is 2.04. The van der Waals surface area contributed by atoms with Crippen LogP contribution < -0.4 is 10.1 Å². The highest BCUT2D eigenvalue weighted by atomic mass is 16.5. The van der Waals surface area contributed by atoms with Crippen molar-refractivity contribution in [1.82, 2.24) is 0 Å². The van der Waals surface area contributed by atoms with Gasteiger partial charge in [-0.3, -0.25) is 0 Å². The number of carboxylic acids is 1. The zero-order chi connectivity index (χ0) is 10.1. The van der Waals surface area contributed by atoms with Crippen LogP contribution in [0.25, 0.3) is 0 Å². The number of carboxylic acid groups (broad SMARTS) is 1. The Morgan fingerprint density at radius 3 is 3.14 bits per heavy atom. The predicted octanol–water partition coefficient (Wildman–Crippen LogP) is 1.25. The Morgan fingerprint density at radius 2 is 2.43 bits per heavy atom. The van der Waals surface area contributed by atoms with Crippen LogP contribution in [0.4, 0.5) is 5.69 Å². The van der Waals surface area contributed by atoms with E-state index in [9.17, 15) is 4.79 Å². The zero-order valence-corrected chi connectivity index (χ0v) is 7.78. The maximum atomic E-state index is 10.7. The molecule has 4 heteroatoms. The van der Waals surface area contributed by atoms with E-state index in [0.29, 0.717) is 12.3 Å². The monoisotopic (exact) mass is 193 g/mol. The van der Waals surface area contributed by atoms with Gasteiger partial charge in [-0.2, -0.15) is 0 Å². The molecule has 0 unspecified atom stereocenters. The number of benzene rings is 1. The molecule has 1 aromatic rings. The van der Waals surface area contributed by atoms with Gasteiger partial charge in [-0.05, 0) is 24.6 Å². The van der Waals surface area contributed by atoms with Crippen LogP contribution in [0.1, 0.15) is 5.56 Å². The molecule has 0 saturated heterocycles. The quantitative estimate of drug-likeness (QED) is 0.704. The Balaban J connectivity index is 2.29. The Labute approximate surface area is 81.5 Å². The lowest BCUT2D eigenvalue weighted by Crippen LogP contribution is -2.37. The van der Waals surface area contributed by atoms with E-state index in [1.165, 1.54) is 0 Å². The van der Waals surface area contributed by atoms with Gasteiger partial charge in [0.15, 0.2) is 0 Å². The third-order valence-corrected chi connectivity index (χ3v) is 2.16. The lowest BCUT2D eigenvalue weighted by atomic mass is 10.1. The maximum Gasteiger partial charge on any atom is 0.346 e. The molecule has 2 N–H and O–H groups in total. The van der Waals surface area contributed by atoms with Crippen LogP contribution in [0.2, 0.25) is 0 Å². The number of hydrogen-bond donors (Lipinski definition) is 2. The molecule has 0 radical (unpaired) electrons. The molecule has 0 aromatic heterocycles. The zero-order valence-electron chi connectivity index (χ0n) is 7.78. The van der Waals surface area contributed by atoms with Gasteiger partial charge in [0, 0.05) is 0 Å². The van der Waals surface area contributed by atoms with Crippen LogP contribution in [-0.4, -0.2) is 23.7 Å². The van der Waals surface area contributed by atoms with Gasteiger partial charge in [-0.1, -0.05) is 6.07 Å². The van der Waals surface area contributed by atoms with Crippen molar-refractivity contribution in [3.63, 3.8) is 0 Å². The van der Waals surface area contributed by atoms with Crippen molar-refractivity contribution in [1.29, 1.82) is 0 Å². The van der Waals surface area contributed by atoms with Gasteiger partial charge in [0.2, 0.25) is 6.10 Å². The number of anilines is 1. The Hall–Kier alpha value is -1.71.